The Kier molecular flexibility index (Phi) is 9.51. The van der Waals surface area contributed by atoms with Crippen molar-refractivity contribution >= 4 is 35.5 Å². The zero-order chi connectivity index (χ0) is 27.9. The number of hydrogen-bond donors (Lipinski definition) is 4. The van der Waals surface area contributed by atoms with Gasteiger partial charge < -0.3 is 36.9 Å². The number of nitrogens with two attached hydrogens (primary N) is 2. The number of hydrogen-bond acceptors (Lipinski definition) is 7. The van der Waals surface area contributed by atoms with Crippen molar-refractivity contribution in [2.75, 3.05) is 6.54 Å². The maximum absolute atomic E-state index is 13.2. The van der Waals surface area contributed by atoms with Crippen molar-refractivity contribution in [3.05, 3.63) is 30.1 Å². The molecule has 6 N–H and O–H groups in total. The molecule has 1 aromatic heterocycles. The zero-order valence-electron chi connectivity index (χ0n) is 19.3. The van der Waals surface area contributed by atoms with Crippen molar-refractivity contribution in [2.45, 2.75) is 56.5 Å². The van der Waals surface area contributed by atoms with Gasteiger partial charge in [0.15, 0.2) is 25.0 Å². The fourth-order valence-corrected chi connectivity index (χ4v) is 3.79. The summed E-state index contributed by atoms with van der Waals surface area (Å²) in [4.78, 5) is 70.6. The number of carboxylic acid groups (broad SMARTS) is 1. The summed E-state index contributed by atoms with van der Waals surface area (Å²) in [7, 11) is 0. The first-order valence-electron chi connectivity index (χ1n) is 11.0. The summed E-state index contributed by atoms with van der Waals surface area (Å²) < 4.78 is 33.1. The number of alkyl halides is 3. The Morgan fingerprint density at radius 3 is 2.38 bits per heavy atom. The molecule has 3 rings (SSSR count). The number of nitrogens with zero attached hydrogens (tertiary/aromatic N) is 2. The van der Waals surface area contributed by atoms with Crippen LogP contribution in [0.5, 0.6) is 0 Å². The van der Waals surface area contributed by atoms with Crippen molar-refractivity contribution in [3.63, 3.8) is 0 Å². The van der Waals surface area contributed by atoms with Crippen LogP contribution in [0.3, 0.4) is 0 Å². The molecule has 0 bridgehead atoms. The number of amides is 5. The van der Waals surface area contributed by atoms with E-state index in [2.05, 4.69) is 10.6 Å². The van der Waals surface area contributed by atoms with Gasteiger partial charge in [0.25, 0.3) is 11.8 Å². The largest absolute Gasteiger partial charge is 0.542 e. The second-order valence-corrected chi connectivity index (χ2v) is 8.25. The molecule has 0 radical (unpaired) electrons. The molecule has 1 aromatic rings. The van der Waals surface area contributed by atoms with E-state index >= 15 is 0 Å². The van der Waals surface area contributed by atoms with Crippen molar-refractivity contribution < 1.29 is 51.6 Å². The predicted molar refractivity (Wildman–Crippen MR) is 113 cm³/mol. The highest BCUT2D eigenvalue weighted by Crippen LogP contribution is 2.18. The van der Waals surface area contributed by atoms with Crippen LogP contribution in [-0.4, -0.2) is 71.3 Å². The van der Waals surface area contributed by atoms with E-state index in [0.717, 1.165) is 0 Å². The van der Waals surface area contributed by atoms with Gasteiger partial charge >= 0.3 is 6.18 Å². The SMILES string of the molecule is NC(=O)c1ccc[n+](CC(NC(=O)C2CCC(=O)N2)C(=O)N2CCCC2C(N)=O)c1.O=C([O-])C(F)(F)F. The number of aliphatic carboxylic acids is 1. The van der Waals surface area contributed by atoms with Crippen molar-refractivity contribution in [1.82, 2.24) is 15.5 Å². The minimum absolute atomic E-state index is 0.00828. The quantitative estimate of drug-likeness (QED) is 0.263. The van der Waals surface area contributed by atoms with Gasteiger partial charge in [-0.25, -0.2) is 4.57 Å². The Morgan fingerprint density at radius 2 is 1.86 bits per heavy atom. The lowest BCUT2D eigenvalue weighted by atomic mass is 10.1. The van der Waals surface area contributed by atoms with Crippen LogP contribution in [0, 0.1) is 0 Å². The van der Waals surface area contributed by atoms with Gasteiger partial charge in [-0.3, -0.25) is 24.0 Å². The molecule has 0 spiro atoms. The van der Waals surface area contributed by atoms with Crippen LogP contribution in [0.1, 0.15) is 36.0 Å². The molecule has 2 saturated heterocycles. The predicted octanol–water partition coefficient (Wildman–Crippen LogP) is -3.39. The molecular weight excluding hydrogens is 505 g/mol. The van der Waals surface area contributed by atoms with Crippen molar-refractivity contribution in [1.29, 1.82) is 0 Å². The number of likely N-dealkylation sites (tertiary alicyclic amines) is 1. The van der Waals surface area contributed by atoms with Crippen LogP contribution < -0.4 is 31.8 Å². The third-order valence-electron chi connectivity index (χ3n) is 5.56. The van der Waals surface area contributed by atoms with Crippen molar-refractivity contribution in [3.8, 4) is 0 Å². The lowest BCUT2D eigenvalue weighted by Gasteiger charge is -2.27. The summed E-state index contributed by atoms with van der Waals surface area (Å²) in [5.74, 6) is -5.40. The molecule has 0 aromatic carbocycles. The molecule has 0 aliphatic carbocycles. The summed E-state index contributed by atoms with van der Waals surface area (Å²) in [6, 6.07) is 0.655. The monoisotopic (exact) mass is 530 g/mol. The first-order valence-corrected chi connectivity index (χ1v) is 11.0. The van der Waals surface area contributed by atoms with E-state index in [4.69, 9.17) is 21.4 Å². The fraction of sp³-hybridized carbons (Fsp3) is 0.476. The van der Waals surface area contributed by atoms with Gasteiger partial charge in [-0.2, -0.15) is 13.2 Å². The third-order valence-corrected chi connectivity index (χ3v) is 5.56. The first kappa shape index (κ1) is 29.0. The fourth-order valence-electron chi connectivity index (χ4n) is 3.79. The molecule has 2 fully saturated rings. The van der Waals surface area contributed by atoms with Gasteiger partial charge in [-0.05, 0) is 25.3 Å². The molecule has 202 valence electrons. The molecule has 2 aliphatic rings. The van der Waals surface area contributed by atoms with Gasteiger partial charge in [0.2, 0.25) is 17.7 Å². The standard InChI is InChI=1S/C19H24N6O5.C2HF3O2/c20-16(27)11-3-1-7-24(9-11)10-13(23-18(29)12-5-6-15(26)22-12)19(30)25-8-2-4-14(25)17(21)28;3-2(4,5)1(6)7/h1,3,7,9,12-14H,2,4-6,8,10H2,(H5-,20,21,22,23,26,27,28,29);(H,6,7). The summed E-state index contributed by atoms with van der Waals surface area (Å²) in [5.41, 5.74) is 11.0. The Bertz CT molecular complexity index is 1080. The van der Waals surface area contributed by atoms with E-state index in [-0.39, 0.29) is 24.4 Å². The number of nitrogens with one attached hydrogen (secondary N) is 2. The van der Waals surface area contributed by atoms with E-state index < -0.39 is 53.9 Å². The lowest BCUT2D eigenvalue weighted by Crippen LogP contribution is -2.59. The molecule has 0 saturated carbocycles. The van der Waals surface area contributed by atoms with E-state index in [1.807, 2.05) is 0 Å². The van der Waals surface area contributed by atoms with Crippen LogP contribution in [0.4, 0.5) is 13.2 Å². The highest BCUT2D eigenvalue weighted by atomic mass is 19.4. The average Bonchev–Trinajstić information content (AvgIpc) is 3.47. The minimum atomic E-state index is -5.19. The number of aromatic nitrogens is 1. The van der Waals surface area contributed by atoms with Gasteiger partial charge in [-0.1, -0.05) is 0 Å². The van der Waals surface area contributed by atoms with Crippen LogP contribution in [0.2, 0.25) is 0 Å². The normalized spacial score (nSPS) is 19.8. The number of primary amides is 2. The van der Waals surface area contributed by atoms with Gasteiger partial charge in [-0.15, -0.1) is 0 Å². The molecule has 5 amide bonds. The number of carbonyl (C=O) groups is 6. The number of carbonyl (C=O) groups excluding carboxylic acids is 6. The highest BCUT2D eigenvalue weighted by Gasteiger charge is 2.39. The highest BCUT2D eigenvalue weighted by molar-refractivity contribution is 5.95. The van der Waals surface area contributed by atoms with Crippen LogP contribution >= 0.6 is 0 Å². The second kappa shape index (κ2) is 12.1. The lowest BCUT2D eigenvalue weighted by molar-refractivity contribution is -0.697. The average molecular weight is 530 g/mol. The van der Waals surface area contributed by atoms with Gasteiger partial charge in [0, 0.05) is 19.0 Å². The van der Waals surface area contributed by atoms with Crippen LogP contribution in [0.25, 0.3) is 0 Å². The Balaban J connectivity index is 0.000000604. The molecular formula is C21H25F3N6O7. The smallest absolute Gasteiger partial charge is 0.430 e. The maximum atomic E-state index is 13.2. The molecule has 3 heterocycles. The molecule has 16 heteroatoms. The minimum Gasteiger partial charge on any atom is -0.542 e. The van der Waals surface area contributed by atoms with E-state index in [0.29, 0.717) is 25.8 Å². The number of carboxylic acids is 1. The van der Waals surface area contributed by atoms with Gasteiger partial charge in [0.1, 0.15) is 23.6 Å². The van der Waals surface area contributed by atoms with Crippen LogP contribution in [0.15, 0.2) is 24.5 Å². The zero-order valence-corrected chi connectivity index (χ0v) is 19.3. The Hall–Kier alpha value is -4.24. The van der Waals surface area contributed by atoms with E-state index in [1.165, 1.54) is 17.2 Å². The molecule has 3 atom stereocenters. The second-order valence-electron chi connectivity index (χ2n) is 8.25. The summed E-state index contributed by atoms with van der Waals surface area (Å²) >= 11 is 0. The van der Waals surface area contributed by atoms with E-state index in [9.17, 15) is 37.1 Å². The molecule has 2 aliphatic heterocycles. The topological polar surface area (TPSA) is 209 Å². The maximum Gasteiger partial charge on any atom is 0.430 e. The third kappa shape index (κ3) is 8.15. The Morgan fingerprint density at radius 1 is 1.22 bits per heavy atom. The van der Waals surface area contributed by atoms with Gasteiger partial charge in [0.05, 0.1) is 0 Å². The summed E-state index contributed by atoms with van der Waals surface area (Å²) in [5, 5.41) is 14.0. The number of pyridine rings is 1. The van der Waals surface area contributed by atoms with Crippen LogP contribution in [-0.2, 0) is 30.5 Å². The first-order chi connectivity index (χ1) is 17.2. The molecule has 3 unspecified atom stereocenters. The molecule has 13 nitrogen and oxygen atoms in total. The number of halogens is 3. The van der Waals surface area contributed by atoms with Crippen molar-refractivity contribution in [2.24, 2.45) is 11.5 Å². The Labute approximate surface area is 207 Å². The summed E-state index contributed by atoms with van der Waals surface area (Å²) in [6.45, 7) is 0.360. The molecule has 37 heavy (non-hydrogen) atoms. The summed E-state index contributed by atoms with van der Waals surface area (Å²) in [6.07, 6.45) is -0.424. The van der Waals surface area contributed by atoms with E-state index in [1.54, 1.807) is 16.8 Å². The number of rotatable bonds is 7.